The molecule has 0 aliphatic heterocycles. The molecule has 0 bridgehead atoms. The van der Waals surface area contributed by atoms with Crippen LogP contribution in [0.4, 0.5) is 0 Å². The molecule has 3 aromatic carbocycles. The SMILES string of the molecule is Cc1cc(C)cc(OCCCn2c(CCNC(=O)c3ccccc3Cl)nc3ccccc32)c1. The second-order valence-corrected chi connectivity index (χ2v) is 8.59. The molecule has 0 unspecified atom stereocenters. The van der Waals surface area contributed by atoms with Gasteiger partial charge in [0.15, 0.2) is 0 Å². The summed E-state index contributed by atoms with van der Waals surface area (Å²) in [6.45, 7) is 6.05. The number of imidazole rings is 1. The van der Waals surface area contributed by atoms with E-state index in [0.717, 1.165) is 35.6 Å². The first-order valence-corrected chi connectivity index (χ1v) is 11.6. The molecule has 0 aliphatic rings. The molecule has 1 N–H and O–H groups in total. The van der Waals surface area contributed by atoms with Crippen LogP contribution in [0.3, 0.4) is 0 Å². The number of ether oxygens (including phenoxy) is 1. The van der Waals surface area contributed by atoms with Crippen LogP contribution in [0.2, 0.25) is 5.02 Å². The zero-order valence-electron chi connectivity index (χ0n) is 19.0. The Balaban J connectivity index is 1.39. The maximum Gasteiger partial charge on any atom is 0.252 e. The number of aromatic nitrogens is 2. The monoisotopic (exact) mass is 461 g/mol. The van der Waals surface area contributed by atoms with E-state index in [9.17, 15) is 4.79 Å². The molecule has 4 rings (SSSR count). The molecule has 6 heteroatoms. The molecule has 170 valence electrons. The first-order chi connectivity index (χ1) is 16.0. The Kier molecular flexibility index (Phi) is 7.30. The smallest absolute Gasteiger partial charge is 0.252 e. The molecule has 1 aromatic heterocycles. The fraction of sp³-hybridized carbons (Fsp3) is 0.259. The zero-order valence-corrected chi connectivity index (χ0v) is 19.7. The van der Waals surface area contributed by atoms with Crippen LogP contribution < -0.4 is 10.1 Å². The number of amides is 1. The second-order valence-electron chi connectivity index (χ2n) is 8.18. The summed E-state index contributed by atoms with van der Waals surface area (Å²) in [5.74, 6) is 1.68. The van der Waals surface area contributed by atoms with Gasteiger partial charge in [-0.25, -0.2) is 4.98 Å². The number of benzene rings is 3. The summed E-state index contributed by atoms with van der Waals surface area (Å²) in [5, 5.41) is 3.41. The Bertz CT molecular complexity index is 1250. The molecule has 0 spiro atoms. The van der Waals surface area contributed by atoms with Gasteiger partial charge < -0.3 is 14.6 Å². The maximum absolute atomic E-state index is 12.5. The Morgan fingerprint density at radius 3 is 2.55 bits per heavy atom. The van der Waals surface area contributed by atoms with E-state index < -0.39 is 0 Å². The molecule has 0 saturated heterocycles. The highest BCUT2D eigenvalue weighted by atomic mass is 35.5. The van der Waals surface area contributed by atoms with Gasteiger partial charge in [-0.2, -0.15) is 0 Å². The van der Waals surface area contributed by atoms with Gasteiger partial charge in [0.1, 0.15) is 11.6 Å². The van der Waals surface area contributed by atoms with Crippen molar-refractivity contribution in [3.05, 3.63) is 94.3 Å². The maximum atomic E-state index is 12.5. The summed E-state index contributed by atoms with van der Waals surface area (Å²) in [6, 6.07) is 21.4. The number of nitrogens with zero attached hydrogens (tertiary/aromatic N) is 2. The first-order valence-electron chi connectivity index (χ1n) is 11.2. The molecular formula is C27H28ClN3O2. The van der Waals surface area contributed by atoms with Gasteiger partial charge in [-0.3, -0.25) is 4.79 Å². The van der Waals surface area contributed by atoms with Crippen molar-refractivity contribution in [2.75, 3.05) is 13.2 Å². The second kappa shape index (κ2) is 10.5. The average Bonchev–Trinajstić information content (AvgIpc) is 3.13. The lowest BCUT2D eigenvalue weighted by Crippen LogP contribution is -2.26. The fourth-order valence-corrected chi connectivity index (χ4v) is 4.24. The van der Waals surface area contributed by atoms with E-state index in [4.69, 9.17) is 21.3 Å². The van der Waals surface area contributed by atoms with Crippen molar-refractivity contribution in [3.8, 4) is 5.75 Å². The highest BCUT2D eigenvalue weighted by Gasteiger charge is 2.13. The Morgan fingerprint density at radius 2 is 1.76 bits per heavy atom. The molecule has 0 saturated carbocycles. The standard InChI is InChI=1S/C27H28ClN3O2/c1-19-16-20(2)18-21(17-19)33-15-7-14-31-25-11-6-5-10-24(25)30-26(31)12-13-29-27(32)22-8-3-4-9-23(22)28/h3-6,8-11,16-18H,7,12-15H2,1-2H3,(H,29,32). The van der Waals surface area contributed by atoms with Crippen molar-refractivity contribution in [2.24, 2.45) is 0 Å². The molecule has 0 fully saturated rings. The van der Waals surface area contributed by atoms with Crippen LogP contribution in [-0.4, -0.2) is 28.6 Å². The Morgan fingerprint density at radius 1 is 1.03 bits per heavy atom. The molecule has 33 heavy (non-hydrogen) atoms. The summed E-state index contributed by atoms with van der Waals surface area (Å²) in [6.07, 6.45) is 1.48. The summed E-state index contributed by atoms with van der Waals surface area (Å²) in [7, 11) is 0. The van der Waals surface area contributed by atoms with Crippen molar-refractivity contribution < 1.29 is 9.53 Å². The Hall–Kier alpha value is -3.31. The third kappa shape index (κ3) is 5.74. The number of hydrogen-bond donors (Lipinski definition) is 1. The fourth-order valence-electron chi connectivity index (χ4n) is 4.02. The topological polar surface area (TPSA) is 56.1 Å². The minimum atomic E-state index is -0.176. The first kappa shape index (κ1) is 22.9. The molecule has 4 aromatic rings. The van der Waals surface area contributed by atoms with Gasteiger partial charge in [0, 0.05) is 19.5 Å². The van der Waals surface area contributed by atoms with Crippen LogP contribution in [0, 0.1) is 13.8 Å². The average molecular weight is 462 g/mol. The number of halogens is 1. The van der Waals surface area contributed by atoms with Crippen LogP contribution in [0.15, 0.2) is 66.7 Å². The lowest BCUT2D eigenvalue weighted by atomic mass is 10.1. The quantitative estimate of drug-likeness (QED) is 0.323. The number of nitrogens with one attached hydrogen (secondary N) is 1. The molecular weight excluding hydrogens is 434 g/mol. The van der Waals surface area contributed by atoms with Crippen molar-refractivity contribution in [1.82, 2.24) is 14.9 Å². The lowest BCUT2D eigenvalue weighted by Gasteiger charge is -2.12. The minimum absolute atomic E-state index is 0.176. The molecule has 0 atom stereocenters. The van der Waals surface area contributed by atoms with Crippen molar-refractivity contribution in [3.63, 3.8) is 0 Å². The normalized spacial score (nSPS) is 11.0. The Labute approximate surface area is 199 Å². The van der Waals surface area contributed by atoms with Crippen LogP contribution in [0.5, 0.6) is 5.75 Å². The van der Waals surface area contributed by atoms with Gasteiger partial charge >= 0.3 is 0 Å². The number of fused-ring (bicyclic) bond motifs is 1. The lowest BCUT2D eigenvalue weighted by molar-refractivity contribution is 0.0954. The van der Waals surface area contributed by atoms with E-state index in [1.54, 1.807) is 18.2 Å². The van der Waals surface area contributed by atoms with Crippen molar-refractivity contribution in [1.29, 1.82) is 0 Å². The van der Waals surface area contributed by atoms with Crippen molar-refractivity contribution in [2.45, 2.75) is 33.2 Å². The van der Waals surface area contributed by atoms with Gasteiger partial charge in [0.05, 0.1) is 28.2 Å². The predicted octanol–water partition coefficient (Wildman–Crippen LogP) is 5.75. The summed E-state index contributed by atoms with van der Waals surface area (Å²) in [5.41, 5.74) is 4.94. The van der Waals surface area contributed by atoms with E-state index in [-0.39, 0.29) is 5.91 Å². The number of para-hydroxylation sites is 2. The molecule has 1 amide bonds. The summed E-state index contributed by atoms with van der Waals surface area (Å²) >= 11 is 6.14. The third-order valence-corrected chi connectivity index (χ3v) is 5.81. The van der Waals surface area contributed by atoms with E-state index >= 15 is 0 Å². The highest BCUT2D eigenvalue weighted by Crippen LogP contribution is 2.19. The highest BCUT2D eigenvalue weighted by molar-refractivity contribution is 6.33. The predicted molar refractivity (Wildman–Crippen MR) is 133 cm³/mol. The van der Waals surface area contributed by atoms with Gasteiger partial charge in [-0.1, -0.05) is 41.9 Å². The summed E-state index contributed by atoms with van der Waals surface area (Å²) < 4.78 is 8.21. The number of hydrogen-bond acceptors (Lipinski definition) is 3. The molecule has 0 aliphatic carbocycles. The largest absolute Gasteiger partial charge is 0.494 e. The van der Waals surface area contributed by atoms with Gasteiger partial charge in [-0.15, -0.1) is 0 Å². The molecule has 1 heterocycles. The van der Waals surface area contributed by atoms with E-state index in [1.807, 2.05) is 24.3 Å². The van der Waals surface area contributed by atoms with E-state index in [1.165, 1.54) is 11.1 Å². The van der Waals surface area contributed by atoms with Gasteiger partial charge in [0.25, 0.3) is 5.91 Å². The zero-order chi connectivity index (χ0) is 23.2. The van der Waals surface area contributed by atoms with Crippen LogP contribution in [0.25, 0.3) is 11.0 Å². The van der Waals surface area contributed by atoms with Crippen LogP contribution in [0.1, 0.15) is 33.7 Å². The molecule has 0 radical (unpaired) electrons. The van der Waals surface area contributed by atoms with Gasteiger partial charge in [0.2, 0.25) is 0 Å². The number of aryl methyl sites for hydroxylation is 3. The minimum Gasteiger partial charge on any atom is -0.494 e. The van der Waals surface area contributed by atoms with Crippen molar-refractivity contribution >= 4 is 28.5 Å². The number of carbonyl (C=O) groups is 1. The molecule has 5 nitrogen and oxygen atoms in total. The third-order valence-electron chi connectivity index (χ3n) is 5.48. The summed E-state index contributed by atoms with van der Waals surface area (Å²) in [4.78, 5) is 17.3. The van der Waals surface area contributed by atoms with E-state index in [0.29, 0.717) is 30.2 Å². The van der Waals surface area contributed by atoms with Gasteiger partial charge in [-0.05, 0) is 67.8 Å². The van der Waals surface area contributed by atoms with Crippen LogP contribution in [-0.2, 0) is 13.0 Å². The van der Waals surface area contributed by atoms with E-state index in [2.05, 4.69) is 48.0 Å². The van der Waals surface area contributed by atoms with Crippen LogP contribution >= 0.6 is 11.6 Å². The number of rotatable bonds is 9. The number of carbonyl (C=O) groups excluding carboxylic acids is 1.